The summed E-state index contributed by atoms with van der Waals surface area (Å²) in [6.45, 7) is 9.23. The minimum atomic E-state index is -1.36. The molecule has 0 unspecified atom stereocenters. The quantitative estimate of drug-likeness (QED) is 0.713. The van der Waals surface area contributed by atoms with Gasteiger partial charge in [0, 0.05) is 19.1 Å². The molecule has 1 aliphatic rings. The summed E-state index contributed by atoms with van der Waals surface area (Å²) in [4.78, 5) is 13.7. The van der Waals surface area contributed by atoms with Crippen LogP contribution < -0.4 is 0 Å². The minimum Gasteiger partial charge on any atom is -0.463 e. The van der Waals surface area contributed by atoms with E-state index in [2.05, 4.69) is 18.7 Å². The molecule has 0 aromatic rings. The summed E-state index contributed by atoms with van der Waals surface area (Å²) in [6, 6.07) is 0.446. The van der Waals surface area contributed by atoms with Crippen molar-refractivity contribution < 1.29 is 13.9 Å². The molecule has 0 amide bonds. The second-order valence-corrected chi connectivity index (χ2v) is 5.50. The molecule has 1 rings (SSSR count). The maximum Gasteiger partial charge on any atom is 0.309 e. The lowest BCUT2D eigenvalue weighted by molar-refractivity contribution is -0.151. The molecule has 3 nitrogen and oxygen atoms in total. The number of likely N-dealkylation sites (tertiary alicyclic amines) is 1. The maximum absolute atomic E-state index is 14.4. The van der Waals surface area contributed by atoms with E-state index in [1.54, 1.807) is 13.8 Å². The van der Waals surface area contributed by atoms with Gasteiger partial charge in [0.25, 0.3) is 0 Å². The van der Waals surface area contributed by atoms with Gasteiger partial charge >= 0.3 is 5.97 Å². The normalized spacial score (nSPS) is 20.9. The van der Waals surface area contributed by atoms with Gasteiger partial charge in [-0.2, -0.15) is 0 Å². The molecule has 0 bridgehead atoms. The zero-order valence-electron chi connectivity index (χ0n) is 11.3. The van der Waals surface area contributed by atoms with E-state index in [9.17, 15) is 9.18 Å². The number of rotatable bonds is 4. The molecule has 100 valence electrons. The first kappa shape index (κ1) is 14.4. The number of esters is 1. The Balaban J connectivity index is 2.41. The third-order valence-corrected chi connectivity index (χ3v) is 3.25. The summed E-state index contributed by atoms with van der Waals surface area (Å²) in [5.74, 6) is -0.416. The van der Waals surface area contributed by atoms with E-state index in [1.165, 1.54) is 0 Å². The standard InChI is InChI=1S/C13H24FNO2/c1-10(2)15-7-5-13(14,6-8-15)9-12(16)17-11(3)4/h10-11H,5-9H2,1-4H3. The second-order valence-electron chi connectivity index (χ2n) is 5.50. The van der Waals surface area contributed by atoms with E-state index in [-0.39, 0.29) is 12.5 Å². The number of alkyl halides is 1. The van der Waals surface area contributed by atoms with Gasteiger partial charge in [-0.15, -0.1) is 0 Å². The van der Waals surface area contributed by atoms with Crippen LogP contribution in [-0.4, -0.2) is 41.8 Å². The third-order valence-electron chi connectivity index (χ3n) is 3.25. The van der Waals surface area contributed by atoms with Crippen molar-refractivity contribution in [3.05, 3.63) is 0 Å². The summed E-state index contributed by atoms with van der Waals surface area (Å²) in [7, 11) is 0. The summed E-state index contributed by atoms with van der Waals surface area (Å²) < 4.78 is 19.4. The van der Waals surface area contributed by atoms with E-state index >= 15 is 0 Å². The first-order valence-corrected chi connectivity index (χ1v) is 6.45. The Morgan fingerprint density at radius 3 is 2.24 bits per heavy atom. The summed E-state index contributed by atoms with van der Waals surface area (Å²) in [6.07, 6.45) is 0.593. The number of nitrogens with zero attached hydrogens (tertiary/aromatic N) is 1. The van der Waals surface area contributed by atoms with Gasteiger partial charge in [0.1, 0.15) is 5.67 Å². The van der Waals surface area contributed by atoms with Gasteiger partial charge in [0.2, 0.25) is 0 Å². The number of halogens is 1. The lowest BCUT2D eigenvalue weighted by Gasteiger charge is -2.38. The molecule has 1 saturated heterocycles. The number of carbonyl (C=O) groups excluding carboxylic acids is 1. The molecule has 0 spiro atoms. The number of piperidine rings is 1. The zero-order chi connectivity index (χ0) is 13.1. The van der Waals surface area contributed by atoms with Crippen molar-refractivity contribution in [2.24, 2.45) is 0 Å². The Bertz CT molecular complexity index is 258. The highest BCUT2D eigenvalue weighted by molar-refractivity contribution is 5.70. The minimum absolute atomic E-state index is 0.100. The SMILES string of the molecule is CC(C)OC(=O)CC1(F)CCN(C(C)C)CC1. The molecule has 1 fully saturated rings. The van der Waals surface area contributed by atoms with E-state index in [0.717, 1.165) is 13.1 Å². The smallest absolute Gasteiger partial charge is 0.309 e. The highest BCUT2D eigenvalue weighted by atomic mass is 19.1. The van der Waals surface area contributed by atoms with Gasteiger partial charge < -0.3 is 9.64 Å². The Kier molecular flexibility index (Phi) is 4.92. The van der Waals surface area contributed by atoms with Crippen LogP contribution in [0.1, 0.15) is 47.0 Å². The molecule has 0 N–H and O–H groups in total. The van der Waals surface area contributed by atoms with Crippen LogP contribution in [0.5, 0.6) is 0 Å². The van der Waals surface area contributed by atoms with Crippen LogP contribution >= 0.6 is 0 Å². The largest absolute Gasteiger partial charge is 0.463 e. The molecule has 0 radical (unpaired) electrons. The fraction of sp³-hybridized carbons (Fsp3) is 0.923. The van der Waals surface area contributed by atoms with Gasteiger partial charge in [-0.05, 0) is 40.5 Å². The van der Waals surface area contributed by atoms with Crippen LogP contribution in [0.3, 0.4) is 0 Å². The highest BCUT2D eigenvalue weighted by Crippen LogP contribution is 2.31. The van der Waals surface area contributed by atoms with E-state index in [1.807, 2.05) is 0 Å². The fourth-order valence-electron chi connectivity index (χ4n) is 2.18. The first-order valence-electron chi connectivity index (χ1n) is 6.45. The van der Waals surface area contributed by atoms with Crippen LogP contribution in [0.4, 0.5) is 4.39 Å². The molecule has 0 aromatic heterocycles. The zero-order valence-corrected chi connectivity index (χ0v) is 11.3. The molecule has 0 aromatic carbocycles. The van der Waals surface area contributed by atoms with Gasteiger partial charge in [-0.25, -0.2) is 4.39 Å². The molecule has 0 saturated carbocycles. The number of ether oxygens (including phenoxy) is 1. The summed E-state index contributed by atoms with van der Waals surface area (Å²) in [5.41, 5.74) is -1.36. The summed E-state index contributed by atoms with van der Waals surface area (Å²) in [5, 5.41) is 0. The predicted molar refractivity (Wildman–Crippen MR) is 65.6 cm³/mol. The van der Waals surface area contributed by atoms with E-state index < -0.39 is 11.6 Å². The van der Waals surface area contributed by atoms with Crippen molar-refractivity contribution >= 4 is 5.97 Å². The lowest BCUT2D eigenvalue weighted by Crippen LogP contribution is -2.45. The monoisotopic (exact) mass is 245 g/mol. The van der Waals surface area contributed by atoms with Crippen molar-refractivity contribution in [1.29, 1.82) is 0 Å². The van der Waals surface area contributed by atoms with Gasteiger partial charge in [-0.1, -0.05) is 0 Å². The van der Waals surface area contributed by atoms with Crippen LogP contribution in [0, 0.1) is 0 Å². The van der Waals surface area contributed by atoms with Crippen molar-refractivity contribution in [2.75, 3.05) is 13.1 Å². The van der Waals surface area contributed by atoms with Crippen molar-refractivity contribution in [3.63, 3.8) is 0 Å². The average Bonchev–Trinajstić information content (AvgIpc) is 2.15. The molecule has 0 aliphatic carbocycles. The Morgan fingerprint density at radius 2 is 1.82 bits per heavy atom. The Labute approximate surface area is 103 Å². The van der Waals surface area contributed by atoms with E-state index in [0.29, 0.717) is 18.9 Å². The Hall–Kier alpha value is -0.640. The van der Waals surface area contributed by atoms with E-state index in [4.69, 9.17) is 4.74 Å². The summed E-state index contributed by atoms with van der Waals surface area (Å²) >= 11 is 0. The molecular formula is C13H24FNO2. The van der Waals surface area contributed by atoms with Crippen LogP contribution in [0.25, 0.3) is 0 Å². The molecule has 4 heteroatoms. The first-order chi connectivity index (χ1) is 7.82. The Morgan fingerprint density at radius 1 is 1.29 bits per heavy atom. The van der Waals surface area contributed by atoms with Gasteiger partial charge in [0.15, 0.2) is 0 Å². The van der Waals surface area contributed by atoms with Crippen molar-refractivity contribution in [2.45, 2.75) is 64.8 Å². The number of carbonyl (C=O) groups is 1. The topological polar surface area (TPSA) is 29.5 Å². The van der Waals surface area contributed by atoms with Crippen LogP contribution in [0.15, 0.2) is 0 Å². The molecule has 0 atom stereocenters. The second kappa shape index (κ2) is 5.80. The average molecular weight is 245 g/mol. The molecule has 17 heavy (non-hydrogen) atoms. The molecule has 1 heterocycles. The lowest BCUT2D eigenvalue weighted by atomic mass is 9.89. The van der Waals surface area contributed by atoms with Gasteiger partial charge in [-0.3, -0.25) is 4.79 Å². The van der Waals surface area contributed by atoms with Crippen LogP contribution in [-0.2, 0) is 9.53 Å². The van der Waals surface area contributed by atoms with Crippen molar-refractivity contribution in [3.8, 4) is 0 Å². The number of hydrogen-bond donors (Lipinski definition) is 0. The number of hydrogen-bond acceptors (Lipinski definition) is 3. The molecular weight excluding hydrogens is 221 g/mol. The maximum atomic E-state index is 14.4. The molecule has 1 aliphatic heterocycles. The van der Waals surface area contributed by atoms with Crippen LogP contribution in [0.2, 0.25) is 0 Å². The highest BCUT2D eigenvalue weighted by Gasteiger charge is 2.37. The van der Waals surface area contributed by atoms with Crippen molar-refractivity contribution in [1.82, 2.24) is 4.90 Å². The van der Waals surface area contributed by atoms with Gasteiger partial charge in [0.05, 0.1) is 12.5 Å². The third kappa shape index (κ3) is 4.62. The fourth-order valence-corrected chi connectivity index (χ4v) is 2.18. The predicted octanol–water partition coefficient (Wildman–Crippen LogP) is 2.54.